The van der Waals surface area contributed by atoms with E-state index in [-0.39, 0.29) is 0 Å². The van der Waals surface area contributed by atoms with Crippen molar-refractivity contribution in [2.45, 2.75) is 6.42 Å². The first-order chi connectivity index (χ1) is 11.6. The fraction of sp³-hybridized carbons (Fsp3) is 0.222. The molecule has 6 nitrogen and oxygen atoms in total. The van der Waals surface area contributed by atoms with E-state index in [2.05, 4.69) is 6.58 Å². The third-order valence-electron chi connectivity index (χ3n) is 3.59. The van der Waals surface area contributed by atoms with Gasteiger partial charge in [-0.3, -0.25) is 9.80 Å². The van der Waals surface area contributed by atoms with E-state index < -0.39 is 12.2 Å². The van der Waals surface area contributed by atoms with Crippen LogP contribution >= 0.6 is 0 Å². The Morgan fingerprint density at radius 3 is 2.67 bits per heavy atom. The number of carbonyl (C=O) groups excluding carboxylic acids is 2. The maximum atomic E-state index is 12.1. The summed E-state index contributed by atoms with van der Waals surface area (Å²) in [5, 5.41) is 0. The normalized spacial score (nSPS) is 13.6. The number of methoxy groups -OCH3 is 2. The highest BCUT2D eigenvalue weighted by atomic mass is 16.5. The Morgan fingerprint density at radius 1 is 1.25 bits per heavy atom. The first kappa shape index (κ1) is 17.3. The lowest BCUT2D eigenvalue weighted by molar-refractivity contribution is 0.143. The highest BCUT2D eigenvalue weighted by molar-refractivity contribution is 5.94. The average Bonchev–Trinajstić information content (AvgIpc) is 3.11. The van der Waals surface area contributed by atoms with Crippen molar-refractivity contribution in [3.8, 4) is 0 Å². The van der Waals surface area contributed by atoms with Crippen molar-refractivity contribution < 1.29 is 19.1 Å². The number of anilines is 1. The van der Waals surface area contributed by atoms with Gasteiger partial charge in [0.25, 0.3) is 0 Å². The van der Waals surface area contributed by atoms with E-state index in [0.29, 0.717) is 18.7 Å². The zero-order chi connectivity index (χ0) is 17.5. The zero-order valence-corrected chi connectivity index (χ0v) is 13.8. The van der Waals surface area contributed by atoms with Crippen molar-refractivity contribution in [1.29, 1.82) is 0 Å². The molecule has 0 saturated heterocycles. The second kappa shape index (κ2) is 8.01. The Morgan fingerprint density at radius 2 is 2.00 bits per heavy atom. The minimum absolute atomic E-state index is 0.404. The molecule has 2 rings (SSSR count). The van der Waals surface area contributed by atoms with Crippen LogP contribution in [-0.4, -0.2) is 37.9 Å². The summed E-state index contributed by atoms with van der Waals surface area (Å²) in [6.07, 6.45) is 6.32. The third kappa shape index (κ3) is 3.65. The second-order valence-electron chi connectivity index (χ2n) is 5.00. The standard InChI is InChI=1S/C18H20N2O4/c1-4-5-11-20(18(22)24-3)16-9-7-6-8-15(16)14-10-12-19(13-14)17(21)23-2/h4-9,11,13H,1,10,12H2,2-3H3/b11-5+. The molecular formula is C18H20N2O4. The molecule has 24 heavy (non-hydrogen) atoms. The molecular weight excluding hydrogens is 308 g/mol. The molecule has 0 unspecified atom stereocenters. The predicted molar refractivity (Wildman–Crippen MR) is 92.4 cm³/mol. The average molecular weight is 328 g/mol. The van der Waals surface area contributed by atoms with Gasteiger partial charge >= 0.3 is 12.2 Å². The smallest absolute Gasteiger partial charge is 0.418 e. The molecule has 0 fully saturated rings. The van der Waals surface area contributed by atoms with Gasteiger partial charge in [0.2, 0.25) is 0 Å². The van der Waals surface area contributed by atoms with Gasteiger partial charge in [0.05, 0.1) is 19.9 Å². The van der Waals surface area contributed by atoms with Crippen LogP contribution in [0.1, 0.15) is 12.0 Å². The molecule has 2 amide bonds. The Labute approximate surface area is 141 Å². The van der Waals surface area contributed by atoms with E-state index in [1.165, 1.54) is 24.0 Å². The molecule has 1 aromatic rings. The van der Waals surface area contributed by atoms with Gasteiger partial charge in [-0.25, -0.2) is 9.59 Å². The van der Waals surface area contributed by atoms with Gasteiger partial charge in [0.1, 0.15) is 0 Å². The number of hydrogen-bond donors (Lipinski definition) is 0. The highest BCUT2D eigenvalue weighted by Crippen LogP contribution is 2.33. The number of allylic oxidation sites excluding steroid dienone is 2. The van der Waals surface area contributed by atoms with Crippen molar-refractivity contribution >= 4 is 23.4 Å². The van der Waals surface area contributed by atoms with Crippen LogP contribution in [0.15, 0.2) is 55.4 Å². The van der Waals surface area contributed by atoms with Crippen LogP contribution < -0.4 is 4.90 Å². The molecule has 1 aliphatic rings. The van der Waals surface area contributed by atoms with Crippen molar-refractivity contribution in [1.82, 2.24) is 4.90 Å². The van der Waals surface area contributed by atoms with Crippen LogP contribution in [-0.2, 0) is 9.47 Å². The Balaban J connectivity index is 2.43. The molecule has 0 spiro atoms. The van der Waals surface area contributed by atoms with Crippen molar-refractivity contribution in [3.05, 3.63) is 61.0 Å². The maximum absolute atomic E-state index is 12.1. The summed E-state index contributed by atoms with van der Waals surface area (Å²) in [6, 6.07) is 7.44. The summed E-state index contributed by atoms with van der Waals surface area (Å²) in [6.45, 7) is 4.15. The molecule has 0 radical (unpaired) electrons. The maximum Gasteiger partial charge on any atom is 0.418 e. The monoisotopic (exact) mass is 328 g/mol. The van der Waals surface area contributed by atoms with E-state index in [4.69, 9.17) is 9.47 Å². The van der Waals surface area contributed by atoms with Gasteiger partial charge < -0.3 is 9.47 Å². The van der Waals surface area contributed by atoms with E-state index >= 15 is 0 Å². The van der Waals surface area contributed by atoms with Crippen molar-refractivity contribution in [3.63, 3.8) is 0 Å². The lowest BCUT2D eigenvalue weighted by Gasteiger charge is -2.20. The Kier molecular flexibility index (Phi) is 5.78. The lowest BCUT2D eigenvalue weighted by Crippen LogP contribution is -2.25. The molecule has 1 heterocycles. The Hall–Kier alpha value is -3.02. The molecule has 0 N–H and O–H groups in total. The van der Waals surface area contributed by atoms with Gasteiger partial charge in [0, 0.05) is 24.5 Å². The Bertz CT molecular complexity index is 694. The first-order valence-corrected chi connectivity index (χ1v) is 7.43. The molecule has 0 bridgehead atoms. The van der Waals surface area contributed by atoms with Crippen LogP contribution in [0.3, 0.4) is 0 Å². The van der Waals surface area contributed by atoms with E-state index in [1.54, 1.807) is 24.6 Å². The largest absolute Gasteiger partial charge is 0.452 e. The number of amides is 2. The quantitative estimate of drug-likeness (QED) is 0.789. The highest BCUT2D eigenvalue weighted by Gasteiger charge is 2.24. The number of rotatable bonds is 4. The van der Waals surface area contributed by atoms with Gasteiger partial charge in [-0.15, -0.1) is 0 Å². The topological polar surface area (TPSA) is 59.1 Å². The van der Waals surface area contributed by atoms with Crippen molar-refractivity contribution in [2.24, 2.45) is 0 Å². The van der Waals surface area contributed by atoms with Gasteiger partial charge in [-0.1, -0.05) is 30.9 Å². The molecule has 0 aromatic heterocycles. The third-order valence-corrected chi connectivity index (χ3v) is 3.59. The van der Waals surface area contributed by atoms with E-state index in [0.717, 1.165) is 11.1 Å². The number of hydrogen-bond acceptors (Lipinski definition) is 4. The SMILES string of the molecule is C=C/C=C/N(C(=O)OC)c1ccccc1C1=CN(C(=O)OC)CC1. The minimum atomic E-state index is -0.510. The molecule has 1 aromatic carbocycles. The summed E-state index contributed by atoms with van der Waals surface area (Å²) >= 11 is 0. The minimum Gasteiger partial charge on any atom is -0.452 e. The molecule has 1 aliphatic heterocycles. The number of para-hydroxylation sites is 1. The van der Waals surface area contributed by atoms with Gasteiger partial charge in [0.15, 0.2) is 0 Å². The lowest BCUT2D eigenvalue weighted by atomic mass is 10.0. The summed E-state index contributed by atoms with van der Waals surface area (Å²) in [5.41, 5.74) is 2.46. The van der Waals surface area contributed by atoms with Crippen LogP contribution in [0.4, 0.5) is 15.3 Å². The van der Waals surface area contributed by atoms with Gasteiger partial charge in [-0.2, -0.15) is 0 Å². The number of benzene rings is 1. The van der Waals surface area contributed by atoms with Crippen LogP contribution in [0.25, 0.3) is 5.57 Å². The number of nitrogens with zero attached hydrogens (tertiary/aromatic N) is 2. The summed E-state index contributed by atoms with van der Waals surface area (Å²) in [4.78, 5) is 26.7. The predicted octanol–water partition coefficient (Wildman–Crippen LogP) is 3.77. The van der Waals surface area contributed by atoms with Crippen LogP contribution in [0.2, 0.25) is 0 Å². The molecule has 126 valence electrons. The molecule has 0 saturated carbocycles. The summed E-state index contributed by atoms with van der Waals surface area (Å²) < 4.78 is 9.60. The number of carbonyl (C=O) groups is 2. The molecule has 0 aliphatic carbocycles. The molecule has 6 heteroatoms. The van der Waals surface area contributed by atoms with Crippen molar-refractivity contribution in [2.75, 3.05) is 25.7 Å². The van der Waals surface area contributed by atoms with Crippen LogP contribution in [0, 0.1) is 0 Å². The summed E-state index contributed by atoms with van der Waals surface area (Å²) in [5.74, 6) is 0. The number of ether oxygens (including phenoxy) is 2. The van der Waals surface area contributed by atoms with E-state index in [1.807, 2.05) is 24.3 Å². The second-order valence-corrected chi connectivity index (χ2v) is 5.00. The molecule has 0 atom stereocenters. The summed E-state index contributed by atoms with van der Waals surface area (Å²) in [7, 11) is 2.68. The van der Waals surface area contributed by atoms with Crippen LogP contribution in [0.5, 0.6) is 0 Å². The fourth-order valence-corrected chi connectivity index (χ4v) is 2.46. The van der Waals surface area contributed by atoms with E-state index in [9.17, 15) is 9.59 Å². The van der Waals surface area contributed by atoms with Gasteiger partial charge in [-0.05, 0) is 24.1 Å². The zero-order valence-electron chi connectivity index (χ0n) is 13.8. The first-order valence-electron chi connectivity index (χ1n) is 7.43. The fourth-order valence-electron chi connectivity index (χ4n) is 2.46.